The fourth-order valence-corrected chi connectivity index (χ4v) is 2.53. The summed E-state index contributed by atoms with van der Waals surface area (Å²) in [5.41, 5.74) is 3.31. The Morgan fingerprint density at radius 1 is 0.920 bits per heavy atom. The Hall–Kier alpha value is -3.27. The summed E-state index contributed by atoms with van der Waals surface area (Å²) in [5.74, 6) is 0.653. The minimum absolute atomic E-state index is 0.123. The van der Waals surface area contributed by atoms with Crippen LogP contribution in [0.3, 0.4) is 0 Å². The van der Waals surface area contributed by atoms with Crippen molar-refractivity contribution in [1.82, 2.24) is 5.32 Å². The van der Waals surface area contributed by atoms with Crippen molar-refractivity contribution in [3.8, 4) is 5.75 Å². The van der Waals surface area contributed by atoms with Crippen molar-refractivity contribution >= 4 is 17.3 Å². The maximum absolute atomic E-state index is 12.6. The summed E-state index contributed by atoms with van der Waals surface area (Å²) in [7, 11) is 1.63. The lowest BCUT2D eigenvalue weighted by Crippen LogP contribution is -2.23. The zero-order chi connectivity index (χ0) is 17.5. The molecule has 3 aromatic carbocycles. The van der Waals surface area contributed by atoms with E-state index in [0.29, 0.717) is 12.1 Å². The van der Waals surface area contributed by atoms with Crippen LogP contribution in [0, 0.1) is 0 Å². The molecule has 1 amide bonds. The third-order valence-corrected chi connectivity index (χ3v) is 3.81. The van der Waals surface area contributed by atoms with Gasteiger partial charge in [0.1, 0.15) is 5.75 Å². The van der Waals surface area contributed by atoms with E-state index in [1.54, 1.807) is 7.11 Å². The van der Waals surface area contributed by atoms with Crippen LogP contribution >= 0.6 is 0 Å². The van der Waals surface area contributed by atoms with Crippen molar-refractivity contribution < 1.29 is 9.53 Å². The number of para-hydroxylation sites is 2. The molecule has 0 spiro atoms. The quantitative estimate of drug-likeness (QED) is 0.705. The highest BCUT2D eigenvalue weighted by molar-refractivity contribution is 6.00. The van der Waals surface area contributed by atoms with Gasteiger partial charge in [-0.05, 0) is 42.0 Å². The standard InChI is InChI=1S/C21H20N2O2/c1-25-18-11-7-8-16(14-18)15-22-21(24)19-12-5-6-13-20(19)23-17-9-3-2-4-10-17/h2-14,23H,15H2,1H3,(H,22,24). The average Bonchev–Trinajstić information content (AvgIpc) is 2.67. The highest BCUT2D eigenvalue weighted by Gasteiger charge is 2.11. The van der Waals surface area contributed by atoms with E-state index in [1.807, 2.05) is 78.9 Å². The van der Waals surface area contributed by atoms with Crippen LogP contribution in [0.2, 0.25) is 0 Å². The second kappa shape index (κ2) is 8.02. The third kappa shape index (κ3) is 4.38. The number of ether oxygens (including phenoxy) is 1. The van der Waals surface area contributed by atoms with Gasteiger partial charge in [-0.1, -0.05) is 42.5 Å². The number of anilines is 2. The first-order valence-corrected chi connectivity index (χ1v) is 8.08. The van der Waals surface area contributed by atoms with Crippen molar-refractivity contribution in [1.29, 1.82) is 0 Å². The first-order valence-electron chi connectivity index (χ1n) is 8.08. The van der Waals surface area contributed by atoms with Crippen LogP contribution in [0.4, 0.5) is 11.4 Å². The summed E-state index contributed by atoms with van der Waals surface area (Å²) in [4.78, 5) is 12.6. The van der Waals surface area contributed by atoms with Crippen LogP contribution in [0.15, 0.2) is 78.9 Å². The molecule has 0 saturated carbocycles. The van der Waals surface area contributed by atoms with Gasteiger partial charge in [0.2, 0.25) is 0 Å². The largest absolute Gasteiger partial charge is 0.497 e. The smallest absolute Gasteiger partial charge is 0.253 e. The molecule has 0 fully saturated rings. The predicted molar refractivity (Wildman–Crippen MR) is 100 cm³/mol. The van der Waals surface area contributed by atoms with Crippen LogP contribution in [-0.2, 0) is 6.54 Å². The van der Waals surface area contributed by atoms with E-state index >= 15 is 0 Å². The molecule has 4 nitrogen and oxygen atoms in total. The van der Waals surface area contributed by atoms with Crippen LogP contribution in [-0.4, -0.2) is 13.0 Å². The second-order valence-electron chi connectivity index (χ2n) is 5.57. The zero-order valence-electron chi connectivity index (χ0n) is 14.0. The number of methoxy groups -OCH3 is 1. The van der Waals surface area contributed by atoms with Gasteiger partial charge in [-0.2, -0.15) is 0 Å². The van der Waals surface area contributed by atoms with Gasteiger partial charge >= 0.3 is 0 Å². The molecule has 0 aliphatic carbocycles. The Morgan fingerprint density at radius 2 is 1.68 bits per heavy atom. The van der Waals surface area contributed by atoms with E-state index in [-0.39, 0.29) is 5.91 Å². The van der Waals surface area contributed by atoms with Crippen molar-refractivity contribution in [3.05, 3.63) is 90.0 Å². The summed E-state index contributed by atoms with van der Waals surface area (Å²) in [6, 6.07) is 24.9. The SMILES string of the molecule is COc1cccc(CNC(=O)c2ccccc2Nc2ccccc2)c1. The highest BCUT2D eigenvalue weighted by atomic mass is 16.5. The minimum Gasteiger partial charge on any atom is -0.497 e. The summed E-state index contributed by atoms with van der Waals surface area (Å²) in [6.45, 7) is 0.440. The van der Waals surface area contributed by atoms with Crippen molar-refractivity contribution in [2.45, 2.75) is 6.54 Å². The van der Waals surface area contributed by atoms with E-state index in [9.17, 15) is 4.79 Å². The molecule has 0 aromatic heterocycles. The minimum atomic E-state index is -0.123. The van der Waals surface area contributed by atoms with Gasteiger partial charge in [0.25, 0.3) is 5.91 Å². The number of carbonyl (C=O) groups excluding carboxylic acids is 1. The van der Waals surface area contributed by atoms with Gasteiger partial charge in [-0.3, -0.25) is 4.79 Å². The first-order chi connectivity index (χ1) is 12.3. The summed E-state index contributed by atoms with van der Waals surface area (Å²) in [5, 5.41) is 6.25. The lowest BCUT2D eigenvalue weighted by molar-refractivity contribution is 0.0951. The monoisotopic (exact) mass is 332 g/mol. The van der Waals surface area contributed by atoms with Crippen LogP contribution < -0.4 is 15.4 Å². The number of nitrogens with one attached hydrogen (secondary N) is 2. The van der Waals surface area contributed by atoms with Crippen LogP contribution in [0.25, 0.3) is 0 Å². The molecule has 0 radical (unpaired) electrons. The molecule has 0 saturated heterocycles. The van der Waals surface area contributed by atoms with Crippen molar-refractivity contribution in [2.24, 2.45) is 0 Å². The van der Waals surface area contributed by atoms with Gasteiger partial charge in [0, 0.05) is 12.2 Å². The average molecular weight is 332 g/mol. The van der Waals surface area contributed by atoms with Gasteiger partial charge in [0.15, 0.2) is 0 Å². The van der Waals surface area contributed by atoms with E-state index in [1.165, 1.54) is 0 Å². The van der Waals surface area contributed by atoms with Crippen LogP contribution in [0.1, 0.15) is 15.9 Å². The van der Waals surface area contributed by atoms with Gasteiger partial charge in [-0.15, -0.1) is 0 Å². The molecule has 3 aromatic rings. The molecule has 25 heavy (non-hydrogen) atoms. The predicted octanol–water partition coefficient (Wildman–Crippen LogP) is 4.37. The molecule has 0 heterocycles. The van der Waals surface area contributed by atoms with Gasteiger partial charge in [-0.25, -0.2) is 0 Å². The molecule has 0 aliphatic heterocycles. The Kier molecular flexibility index (Phi) is 5.32. The lowest BCUT2D eigenvalue weighted by Gasteiger charge is -2.12. The maximum atomic E-state index is 12.6. The number of carbonyl (C=O) groups is 1. The first kappa shape index (κ1) is 16.6. The highest BCUT2D eigenvalue weighted by Crippen LogP contribution is 2.21. The maximum Gasteiger partial charge on any atom is 0.253 e. The number of hydrogen-bond acceptors (Lipinski definition) is 3. The normalized spacial score (nSPS) is 10.1. The number of amides is 1. The molecular formula is C21H20N2O2. The van der Waals surface area contributed by atoms with Crippen molar-refractivity contribution in [2.75, 3.05) is 12.4 Å². The third-order valence-electron chi connectivity index (χ3n) is 3.81. The van der Waals surface area contributed by atoms with Crippen molar-refractivity contribution in [3.63, 3.8) is 0 Å². The van der Waals surface area contributed by atoms with Gasteiger partial charge in [0.05, 0.1) is 18.4 Å². The summed E-state index contributed by atoms with van der Waals surface area (Å²) < 4.78 is 5.21. The molecule has 3 rings (SSSR count). The number of hydrogen-bond donors (Lipinski definition) is 2. The lowest BCUT2D eigenvalue weighted by atomic mass is 10.1. The molecular weight excluding hydrogens is 312 g/mol. The van der Waals surface area contributed by atoms with Crippen LogP contribution in [0.5, 0.6) is 5.75 Å². The number of rotatable bonds is 6. The Bertz CT molecular complexity index is 847. The topological polar surface area (TPSA) is 50.4 Å². The molecule has 0 bridgehead atoms. The Morgan fingerprint density at radius 3 is 2.48 bits per heavy atom. The molecule has 126 valence electrons. The Labute approximate surface area is 147 Å². The van der Waals surface area contributed by atoms with E-state index < -0.39 is 0 Å². The fraction of sp³-hybridized carbons (Fsp3) is 0.0952. The number of benzene rings is 3. The molecule has 0 unspecified atom stereocenters. The van der Waals surface area contributed by atoms with E-state index in [0.717, 1.165) is 22.7 Å². The van der Waals surface area contributed by atoms with Gasteiger partial charge < -0.3 is 15.4 Å². The second-order valence-corrected chi connectivity index (χ2v) is 5.57. The Balaban J connectivity index is 1.71. The molecule has 2 N–H and O–H groups in total. The fourth-order valence-electron chi connectivity index (χ4n) is 2.53. The van der Waals surface area contributed by atoms with E-state index in [2.05, 4.69) is 10.6 Å². The van der Waals surface area contributed by atoms with E-state index in [4.69, 9.17) is 4.74 Å². The zero-order valence-corrected chi connectivity index (χ0v) is 14.0. The molecule has 4 heteroatoms. The molecule has 0 atom stereocenters. The summed E-state index contributed by atoms with van der Waals surface area (Å²) in [6.07, 6.45) is 0. The summed E-state index contributed by atoms with van der Waals surface area (Å²) >= 11 is 0. The molecule has 0 aliphatic rings.